The maximum absolute atomic E-state index is 2.37. The number of nitrogens with zero attached hydrogens (tertiary/aromatic N) is 3. The third kappa shape index (κ3) is 1.64. The molecule has 0 spiro atoms. The number of pyridine rings is 1. The van der Waals surface area contributed by atoms with Gasteiger partial charge in [-0.1, -0.05) is 36.4 Å². The average Bonchev–Trinajstić information content (AvgIpc) is 3.11. The highest BCUT2D eigenvalue weighted by Gasteiger charge is 2.24. The van der Waals surface area contributed by atoms with E-state index in [4.69, 9.17) is 0 Å². The van der Waals surface area contributed by atoms with Gasteiger partial charge in [0.15, 0.2) is 0 Å². The molecule has 0 saturated heterocycles. The van der Waals surface area contributed by atoms with Gasteiger partial charge in [-0.3, -0.25) is 4.40 Å². The number of para-hydroxylation sites is 2. The van der Waals surface area contributed by atoms with Crippen LogP contribution in [0.1, 0.15) is 5.56 Å². The van der Waals surface area contributed by atoms with Crippen molar-refractivity contribution < 1.29 is 4.57 Å². The topological polar surface area (TPSA) is 13.2 Å². The summed E-state index contributed by atoms with van der Waals surface area (Å²) in [4.78, 5) is 0. The molecule has 5 rings (SSSR count). The van der Waals surface area contributed by atoms with Crippen LogP contribution in [0.5, 0.6) is 0 Å². The highest BCUT2D eigenvalue weighted by Crippen LogP contribution is 2.30. The first-order valence-corrected chi connectivity index (χ1v) is 8.21. The molecule has 3 aromatic heterocycles. The van der Waals surface area contributed by atoms with E-state index < -0.39 is 0 Å². The zero-order valence-corrected chi connectivity index (χ0v) is 13.8. The van der Waals surface area contributed by atoms with Crippen LogP contribution in [0.4, 0.5) is 0 Å². The Bertz CT molecular complexity index is 1220. The van der Waals surface area contributed by atoms with Gasteiger partial charge in [0.25, 0.3) is 0 Å². The summed E-state index contributed by atoms with van der Waals surface area (Å²) in [5.41, 5.74) is 7.36. The number of benzene rings is 2. The first-order valence-electron chi connectivity index (χ1n) is 8.21. The molecule has 0 saturated carbocycles. The van der Waals surface area contributed by atoms with Gasteiger partial charge in [0, 0.05) is 11.5 Å². The molecule has 24 heavy (non-hydrogen) atoms. The molecule has 0 N–H and O–H groups in total. The summed E-state index contributed by atoms with van der Waals surface area (Å²) in [6.07, 6.45) is 2.11. The molecule has 0 unspecified atom stereocenters. The van der Waals surface area contributed by atoms with E-state index in [-0.39, 0.29) is 0 Å². The minimum atomic E-state index is 1.20. The summed E-state index contributed by atoms with van der Waals surface area (Å²) < 4.78 is 6.92. The highest BCUT2D eigenvalue weighted by molar-refractivity contribution is 5.94. The van der Waals surface area contributed by atoms with Crippen LogP contribution in [0, 0.1) is 6.92 Å². The summed E-state index contributed by atoms with van der Waals surface area (Å²) >= 11 is 0. The summed E-state index contributed by atoms with van der Waals surface area (Å²) in [7, 11) is 2.11. The van der Waals surface area contributed by atoms with E-state index in [9.17, 15) is 0 Å². The molecule has 0 aliphatic carbocycles. The van der Waals surface area contributed by atoms with Crippen molar-refractivity contribution in [3.8, 4) is 5.69 Å². The quantitative estimate of drug-likeness (QED) is 0.412. The van der Waals surface area contributed by atoms with E-state index in [1.54, 1.807) is 0 Å². The Hall–Kier alpha value is -3.07. The van der Waals surface area contributed by atoms with E-state index in [0.29, 0.717) is 0 Å². The van der Waals surface area contributed by atoms with Crippen LogP contribution in [0.15, 0.2) is 72.9 Å². The minimum absolute atomic E-state index is 1.20. The van der Waals surface area contributed by atoms with Crippen molar-refractivity contribution in [2.75, 3.05) is 0 Å². The van der Waals surface area contributed by atoms with Crippen molar-refractivity contribution in [2.24, 2.45) is 7.05 Å². The van der Waals surface area contributed by atoms with Crippen molar-refractivity contribution in [2.45, 2.75) is 6.92 Å². The van der Waals surface area contributed by atoms with E-state index in [0.717, 1.165) is 0 Å². The van der Waals surface area contributed by atoms with Crippen LogP contribution in [-0.2, 0) is 7.05 Å². The zero-order chi connectivity index (χ0) is 16.3. The van der Waals surface area contributed by atoms with Crippen LogP contribution >= 0.6 is 0 Å². The Morgan fingerprint density at radius 1 is 0.833 bits per heavy atom. The second-order valence-electron chi connectivity index (χ2n) is 6.35. The second-order valence-corrected chi connectivity index (χ2v) is 6.35. The van der Waals surface area contributed by atoms with Crippen LogP contribution in [-0.4, -0.2) is 8.97 Å². The van der Waals surface area contributed by atoms with Crippen LogP contribution in [0.25, 0.3) is 33.4 Å². The lowest BCUT2D eigenvalue weighted by atomic mass is 10.2. The van der Waals surface area contributed by atoms with Gasteiger partial charge < -0.3 is 0 Å². The standard InChI is InChI=1S/C21H18N3/c1-15-8-3-5-10-17(15)24-20-14-16-9-4-6-11-18(16)23(20)19-12-7-13-22(2)21(19)24/h3-14H,1-2H3/q+1. The fourth-order valence-electron chi connectivity index (χ4n) is 3.75. The van der Waals surface area contributed by atoms with E-state index in [1.807, 2.05) is 0 Å². The lowest BCUT2D eigenvalue weighted by Crippen LogP contribution is -2.30. The molecule has 116 valence electrons. The normalized spacial score (nSPS) is 11.8. The van der Waals surface area contributed by atoms with Gasteiger partial charge in [0.2, 0.25) is 5.65 Å². The summed E-state index contributed by atoms with van der Waals surface area (Å²) in [5.74, 6) is 0. The van der Waals surface area contributed by atoms with Crippen molar-refractivity contribution in [3.05, 3.63) is 78.5 Å². The molecule has 0 amide bonds. The number of imidazole rings is 1. The fourth-order valence-corrected chi connectivity index (χ4v) is 3.75. The molecule has 0 aliphatic rings. The minimum Gasteiger partial charge on any atom is -0.269 e. The third-order valence-electron chi connectivity index (χ3n) is 4.86. The van der Waals surface area contributed by atoms with Gasteiger partial charge in [-0.25, -0.2) is 4.57 Å². The maximum Gasteiger partial charge on any atom is 0.312 e. The predicted octanol–water partition coefficient (Wildman–Crippen LogP) is 4.17. The number of fused-ring (bicyclic) bond motifs is 5. The van der Waals surface area contributed by atoms with Crippen molar-refractivity contribution in [3.63, 3.8) is 0 Å². The van der Waals surface area contributed by atoms with Gasteiger partial charge in [0.05, 0.1) is 18.8 Å². The lowest BCUT2D eigenvalue weighted by molar-refractivity contribution is -0.647. The SMILES string of the molecule is Cc1ccccc1-n1c2cc3ccccc3n2c2ccc[n+](C)c21. The van der Waals surface area contributed by atoms with Gasteiger partial charge in [-0.2, -0.15) is 4.57 Å². The van der Waals surface area contributed by atoms with Crippen molar-refractivity contribution >= 4 is 27.7 Å². The number of aryl methyl sites for hydroxylation is 2. The first-order chi connectivity index (χ1) is 11.8. The van der Waals surface area contributed by atoms with Gasteiger partial charge in [-0.05, 0) is 36.8 Å². The highest BCUT2D eigenvalue weighted by atomic mass is 15.2. The van der Waals surface area contributed by atoms with Crippen molar-refractivity contribution in [1.82, 2.24) is 8.97 Å². The molecule has 3 heteroatoms. The Morgan fingerprint density at radius 2 is 1.58 bits per heavy atom. The molecule has 3 heterocycles. The smallest absolute Gasteiger partial charge is 0.269 e. The lowest BCUT2D eigenvalue weighted by Gasteiger charge is -2.03. The Kier molecular flexibility index (Phi) is 2.63. The van der Waals surface area contributed by atoms with Crippen molar-refractivity contribution in [1.29, 1.82) is 0 Å². The van der Waals surface area contributed by atoms with E-state index in [1.165, 1.54) is 39.0 Å². The molecular weight excluding hydrogens is 294 g/mol. The zero-order valence-electron chi connectivity index (χ0n) is 13.8. The number of hydrogen-bond donors (Lipinski definition) is 0. The number of rotatable bonds is 1. The molecule has 0 aliphatic heterocycles. The monoisotopic (exact) mass is 312 g/mol. The van der Waals surface area contributed by atoms with Gasteiger partial charge in [0.1, 0.15) is 11.2 Å². The molecule has 5 aromatic rings. The molecular formula is C21H18N3+. The van der Waals surface area contributed by atoms with Gasteiger partial charge >= 0.3 is 5.65 Å². The Labute approximate surface area is 140 Å². The molecule has 2 aromatic carbocycles. The molecule has 3 nitrogen and oxygen atoms in total. The first kappa shape index (κ1) is 13.4. The van der Waals surface area contributed by atoms with E-state index >= 15 is 0 Å². The summed E-state index contributed by atoms with van der Waals surface area (Å²) in [6.45, 7) is 2.17. The Morgan fingerprint density at radius 3 is 2.46 bits per heavy atom. The molecule has 0 atom stereocenters. The molecule has 0 radical (unpaired) electrons. The van der Waals surface area contributed by atoms with E-state index in [2.05, 4.69) is 100 Å². The summed E-state index contributed by atoms with van der Waals surface area (Å²) in [5, 5.41) is 1.27. The van der Waals surface area contributed by atoms with Crippen LogP contribution in [0.3, 0.4) is 0 Å². The number of aromatic nitrogens is 3. The largest absolute Gasteiger partial charge is 0.312 e. The average molecular weight is 312 g/mol. The molecule has 0 fully saturated rings. The predicted molar refractivity (Wildman–Crippen MR) is 97.6 cm³/mol. The van der Waals surface area contributed by atoms with Gasteiger partial charge in [-0.15, -0.1) is 0 Å². The van der Waals surface area contributed by atoms with Crippen LogP contribution < -0.4 is 4.57 Å². The fraction of sp³-hybridized carbons (Fsp3) is 0.0952. The summed E-state index contributed by atoms with van der Waals surface area (Å²) in [6, 6.07) is 23.7. The molecule has 0 bridgehead atoms. The number of hydrogen-bond acceptors (Lipinski definition) is 0. The Balaban J connectivity index is 2.09. The third-order valence-corrected chi connectivity index (χ3v) is 4.86. The second kappa shape index (κ2) is 4.71. The van der Waals surface area contributed by atoms with Crippen LogP contribution in [0.2, 0.25) is 0 Å². The maximum atomic E-state index is 2.37.